The highest BCUT2D eigenvalue weighted by Gasteiger charge is 2.22. The van der Waals surface area contributed by atoms with Crippen LogP contribution in [0.25, 0.3) is 0 Å². The number of carbonyl (C=O) groups excluding carboxylic acids is 3. The van der Waals surface area contributed by atoms with E-state index in [0.29, 0.717) is 43.8 Å². The van der Waals surface area contributed by atoms with Gasteiger partial charge in [-0.3, -0.25) is 24.0 Å². The molecule has 11 nitrogen and oxygen atoms in total. The number of nitrogens with one attached hydrogen (secondary N) is 1. The Morgan fingerprint density at radius 2 is 0.955 bits per heavy atom. The Kier molecular flexibility index (Phi) is 40.2. The first-order chi connectivity index (χ1) is 32.6. The molecule has 0 radical (unpaired) electrons. The van der Waals surface area contributed by atoms with Gasteiger partial charge in [-0.25, -0.2) is 0 Å². The fourth-order valence-electron chi connectivity index (χ4n) is 8.25. The number of rotatable bonds is 48. The Bertz CT molecular complexity index is 1470. The number of allylic oxidation sites excluding steroid dienone is 4. The molecule has 67 heavy (non-hydrogen) atoms. The van der Waals surface area contributed by atoms with Crippen molar-refractivity contribution in [2.75, 3.05) is 70.3 Å². The predicted octanol–water partition coefficient (Wildman–Crippen LogP) is 13.0. The van der Waals surface area contributed by atoms with E-state index in [4.69, 9.17) is 14.2 Å². The molecule has 0 aliphatic rings. The quantitative estimate of drug-likeness (QED) is 0.0220. The molecule has 0 fully saturated rings. The van der Waals surface area contributed by atoms with Crippen molar-refractivity contribution in [2.24, 2.45) is 5.92 Å². The van der Waals surface area contributed by atoms with Gasteiger partial charge in [-0.05, 0) is 103 Å². The Morgan fingerprint density at radius 1 is 0.507 bits per heavy atom. The van der Waals surface area contributed by atoms with Gasteiger partial charge in [-0.2, -0.15) is 0 Å². The summed E-state index contributed by atoms with van der Waals surface area (Å²) in [7, 11) is 3.55. The Labute approximate surface area is 408 Å². The minimum absolute atomic E-state index is 0.0398. The Hall–Kier alpha value is -3.47. The van der Waals surface area contributed by atoms with Crippen molar-refractivity contribution < 1.29 is 28.6 Å². The predicted molar refractivity (Wildman–Crippen MR) is 280 cm³/mol. The Balaban J connectivity index is 2.51. The standard InChI is InChI=1S/C56H99N3O8/c1-6-9-12-15-16-17-18-19-20-21-22-23-24-27-32-39-50(60)65-46-36-29-28-34-43-59(45-37-42-57-53-54(58(4)5)56(64)55(53)63)44-35-33-38-49(47-66-51(61)40-30-25-13-10-7-2)48-67-52(62)41-31-26-14-11-8-3/h16-17,19-20,49,57H,6-15,18,21-48H2,1-5H3/b17-16-,20-19-. The molecule has 0 aromatic heterocycles. The number of ether oxygens (including phenoxy) is 3. The van der Waals surface area contributed by atoms with Crippen molar-refractivity contribution in [3.05, 3.63) is 44.8 Å². The van der Waals surface area contributed by atoms with Gasteiger partial charge >= 0.3 is 17.9 Å². The maximum Gasteiger partial charge on any atom is 0.305 e. The topological polar surface area (TPSA) is 132 Å². The summed E-state index contributed by atoms with van der Waals surface area (Å²) < 4.78 is 17.0. The lowest BCUT2D eigenvalue weighted by Gasteiger charge is -2.24. The number of hydrogen-bond acceptors (Lipinski definition) is 11. The van der Waals surface area contributed by atoms with Crippen LogP contribution in [0, 0.1) is 5.92 Å². The minimum atomic E-state index is -0.447. The zero-order valence-electron chi connectivity index (χ0n) is 43.6. The van der Waals surface area contributed by atoms with E-state index in [0.717, 1.165) is 154 Å². The lowest BCUT2D eigenvalue weighted by molar-refractivity contribution is -0.149. The van der Waals surface area contributed by atoms with Crippen LogP contribution in [0.4, 0.5) is 11.4 Å². The molecule has 0 saturated carbocycles. The average Bonchev–Trinajstić information content (AvgIpc) is 3.31. The first-order valence-electron chi connectivity index (χ1n) is 27.4. The first-order valence-corrected chi connectivity index (χ1v) is 27.4. The number of nitrogens with zero attached hydrogens (tertiary/aromatic N) is 2. The molecular weight excluding hydrogens is 843 g/mol. The molecule has 0 unspecified atom stereocenters. The summed E-state index contributed by atoms with van der Waals surface area (Å²) in [6.45, 7) is 10.9. The zero-order chi connectivity index (χ0) is 49.0. The van der Waals surface area contributed by atoms with Crippen LogP contribution in [0.1, 0.15) is 226 Å². The van der Waals surface area contributed by atoms with Gasteiger partial charge in [-0.1, -0.05) is 148 Å². The summed E-state index contributed by atoms with van der Waals surface area (Å²) in [6.07, 6.45) is 41.5. The second kappa shape index (κ2) is 43.8. The van der Waals surface area contributed by atoms with Gasteiger partial charge in [0.1, 0.15) is 11.4 Å². The van der Waals surface area contributed by atoms with E-state index >= 15 is 0 Å². The van der Waals surface area contributed by atoms with Crippen molar-refractivity contribution in [1.82, 2.24) is 4.90 Å². The van der Waals surface area contributed by atoms with Gasteiger partial charge < -0.3 is 29.3 Å². The molecule has 1 aromatic carbocycles. The summed E-state index contributed by atoms with van der Waals surface area (Å²) in [5, 5.41) is 3.21. The number of carbonyl (C=O) groups is 3. The van der Waals surface area contributed by atoms with E-state index in [1.807, 2.05) is 0 Å². The van der Waals surface area contributed by atoms with E-state index < -0.39 is 10.9 Å². The summed E-state index contributed by atoms with van der Waals surface area (Å²) in [6, 6.07) is 0. The Morgan fingerprint density at radius 3 is 1.52 bits per heavy atom. The largest absolute Gasteiger partial charge is 0.466 e. The van der Waals surface area contributed by atoms with Crippen LogP contribution >= 0.6 is 0 Å². The third-order valence-electron chi connectivity index (χ3n) is 12.5. The molecule has 386 valence electrons. The number of anilines is 2. The van der Waals surface area contributed by atoms with Gasteiger partial charge in [0.2, 0.25) is 0 Å². The molecule has 1 aromatic rings. The summed E-state index contributed by atoms with van der Waals surface area (Å²) in [5.41, 5.74) is -0.0289. The normalized spacial score (nSPS) is 11.7. The van der Waals surface area contributed by atoms with E-state index in [9.17, 15) is 24.0 Å². The maximum atomic E-state index is 12.6. The molecular formula is C56H99N3O8. The van der Waals surface area contributed by atoms with Crippen molar-refractivity contribution >= 4 is 29.3 Å². The third-order valence-corrected chi connectivity index (χ3v) is 12.5. The molecule has 0 spiro atoms. The summed E-state index contributed by atoms with van der Waals surface area (Å²) in [4.78, 5) is 65.9. The van der Waals surface area contributed by atoms with Crippen molar-refractivity contribution in [3.8, 4) is 0 Å². The summed E-state index contributed by atoms with van der Waals surface area (Å²) in [5.74, 6) is -0.464. The van der Waals surface area contributed by atoms with E-state index in [2.05, 4.69) is 55.3 Å². The maximum absolute atomic E-state index is 12.6. The number of hydrogen-bond donors (Lipinski definition) is 1. The third kappa shape index (κ3) is 34.5. The molecule has 0 aliphatic heterocycles. The van der Waals surface area contributed by atoms with Gasteiger partial charge in [0, 0.05) is 45.8 Å². The highest BCUT2D eigenvalue weighted by molar-refractivity contribution is 5.74. The SMILES string of the molecule is CCCCC/C=C\C/C=C\CCCCCCCC(=O)OCCCCCCN(CCCCC(COC(=O)CCCCCCC)COC(=O)CCCCCCC)CCCNc1c(N(C)C)c(=O)c1=O. The van der Waals surface area contributed by atoms with E-state index in [-0.39, 0.29) is 37.0 Å². The van der Waals surface area contributed by atoms with E-state index in [1.165, 1.54) is 51.4 Å². The van der Waals surface area contributed by atoms with Gasteiger partial charge in [0.25, 0.3) is 10.9 Å². The van der Waals surface area contributed by atoms with Crippen LogP contribution in [0.2, 0.25) is 0 Å². The monoisotopic (exact) mass is 942 g/mol. The molecule has 0 bridgehead atoms. The zero-order valence-corrected chi connectivity index (χ0v) is 43.6. The second-order valence-electron chi connectivity index (χ2n) is 19.1. The van der Waals surface area contributed by atoms with Gasteiger partial charge in [0.15, 0.2) is 0 Å². The fourth-order valence-corrected chi connectivity index (χ4v) is 8.25. The molecule has 0 atom stereocenters. The van der Waals surface area contributed by atoms with E-state index in [1.54, 1.807) is 19.0 Å². The number of unbranched alkanes of at least 4 members (excludes halogenated alkanes) is 20. The molecule has 0 heterocycles. The average molecular weight is 942 g/mol. The first kappa shape index (κ1) is 61.5. The molecule has 1 rings (SSSR count). The van der Waals surface area contributed by atoms with Gasteiger partial charge in [-0.15, -0.1) is 0 Å². The molecule has 0 aliphatic carbocycles. The van der Waals surface area contributed by atoms with Crippen molar-refractivity contribution in [3.63, 3.8) is 0 Å². The lowest BCUT2D eigenvalue weighted by Crippen LogP contribution is -2.40. The van der Waals surface area contributed by atoms with Crippen LogP contribution < -0.4 is 21.1 Å². The number of esters is 3. The smallest absolute Gasteiger partial charge is 0.305 e. The molecule has 0 amide bonds. The lowest BCUT2D eigenvalue weighted by atomic mass is 10.0. The van der Waals surface area contributed by atoms with Gasteiger partial charge in [0.05, 0.1) is 19.8 Å². The summed E-state index contributed by atoms with van der Waals surface area (Å²) >= 11 is 0. The van der Waals surface area contributed by atoms with Crippen LogP contribution in [0.15, 0.2) is 33.9 Å². The minimum Gasteiger partial charge on any atom is -0.466 e. The molecule has 11 heteroatoms. The van der Waals surface area contributed by atoms with Crippen molar-refractivity contribution in [1.29, 1.82) is 0 Å². The molecule has 0 saturated heterocycles. The fraction of sp³-hybridized carbons (Fsp3) is 0.804. The highest BCUT2D eigenvalue weighted by Crippen LogP contribution is 2.18. The van der Waals surface area contributed by atoms with Crippen LogP contribution in [0.3, 0.4) is 0 Å². The second-order valence-corrected chi connectivity index (χ2v) is 19.1. The molecule has 1 N–H and O–H groups in total. The van der Waals surface area contributed by atoms with Crippen molar-refractivity contribution in [2.45, 2.75) is 226 Å². The highest BCUT2D eigenvalue weighted by atomic mass is 16.5. The van der Waals surface area contributed by atoms with Crippen LogP contribution in [0.5, 0.6) is 0 Å². The van der Waals surface area contributed by atoms with Crippen LogP contribution in [-0.4, -0.2) is 82.9 Å². The van der Waals surface area contributed by atoms with Crippen LogP contribution in [-0.2, 0) is 28.6 Å².